The fraction of sp³-hybridized carbons (Fsp3) is 0.389. The van der Waals surface area contributed by atoms with E-state index in [4.69, 9.17) is 22.0 Å². The van der Waals surface area contributed by atoms with E-state index in [2.05, 4.69) is 11.8 Å². The first-order valence-electron chi connectivity index (χ1n) is 6.81. The number of rotatable bonds is 6. The van der Waals surface area contributed by atoms with Crippen molar-refractivity contribution >= 4 is 5.97 Å². The van der Waals surface area contributed by atoms with Gasteiger partial charge in [-0.25, -0.2) is 0 Å². The van der Waals surface area contributed by atoms with Gasteiger partial charge in [-0.05, 0) is 30.5 Å². The zero-order valence-corrected chi connectivity index (χ0v) is 12.6. The minimum atomic E-state index is -0.706. The van der Waals surface area contributed by atoms with Crippen LogP contribution in [0.3, 0.4) is 0 Å². The molecule has 0 aliphatic heterocycles. The smallest absolute Gasteiger partial charge is 0.318 e. The summed E-state index contributed by atoms with van der Waals surface area (Å²) < 4.78 is 10.8. The average molecular weight is 284 g/mol. The molecule has 110 valence electrons. The van der Waals surface area contributed by atoms with Crippen molar-refractivity contribution in [3.63, 3.8) is 0 Å². The number of carbonyl (C=O) groups excluding carboxylic acids is 1. The first-order chi connectivity index (χ1) is 10.0. The molecule has 1 aromatic rings. The second-order valence-electron chi connectivity index (χ2n) is 5.08. The maximum absolute atomic E-state index is 12.4. The van der Waals surface area contributed by atoms with Gasteiger partial charge in [0, 0.05) is 6.42 Å². The normalized spacial score (nSPS) is 14.1. The molecular formula is C18H20O3. The summed E-state index contributed by atoms with van der Waals surface area (Å²) in [5.41, 5.74) is 0.755. The Morgan fingerprint density at radius 3 is 2.67 bits per heavy atom. The topological polar surface area (TPSA) is 39.4 Å². The van der Waals surface area contributed by atoms with Gasteiger partial charge in [0.2, 0.25) is 0 Å². The molecule has 1 rings (SSSR count). The van der Waals surface area contributed by atoms with E-state index in [1.807, 2.05) is 13.8 Å². The number of hydrogen-bond acceptors (Lipinski definition) is 3. The Kier molecular flexibility index (Phi) is 6.37. The van der Waals surface area contributed by atoms with Crippen LogP contribution in [0.1, 0.15) is 38.9 Å². The zero-order chi connectivity index (χ0) is 15.8. The molecule has 0 saturated heterocycles. The van der Waals surface area contributed by atoms with Crippen LogP contribution in [0.5, 0.6) is 0 Å². The molecule has 0 aliphatic rings. The number of ether oxygens (including phenoxy) is 1. The molecule has 0 spiro atoms. The Labute approximate surface area is 126 Å². The van der Waals surface area contributed by atoms with Gasteiger partial charge in [-0.15, -0.1) is 18.8 Å². The third-order valence-corrected chi connectivity index (χ3v) is 3.11. The molecule has 0 aromatic carbocycles. The lowest BCUT2D eigenvalue weighted by atomic mass is 9.93. The monoisotopic (exact) mass is 284 g/mol. The minimum absolute atomic E-state index is 0.0390. The molecule has 0 radical (unpaired) electrons. The van der Waals surface area contributed by atoms with Crippen LogP contribution in [0, 0.1) is 30.6 Å². The number of hydrogen-bond donors (Lipinski definition) is 0. The highest BCUT2D eigenvalue weighted by molar-refractivity contribution is 5.78. The SMILES string of the molecule is C#CC/C=C(\C)C(C#C)OC(=O)C(c1ccco1)C(C)C. The van der Waals surface area contributed by atoms with Gasteiger partial charge in [0.15, 0.2) is 6.10 Å². The Morgan fingerprint density at radius 2 is 2.19 bits per heavy atom. The second-order valence-corrected chi connectivity index (χ2v) is 5.08. The summed E-state index contributed by atoms with van der Waals surface area (Å²) >= 11 is 0. The van der Waals surface area contributed by atoms with Crippen molar-refractivity contribution in [1.29, 1.82) is 0 Å². The van der Waals surface area contributed by atoms with Gasteiger partial charge < -0.3 is 9.15 Å². The summed E-state index contributed by atoms with van der Waals surface area (Å²) in [6.45, 7) is 5.66. The van der Waals surface area contributed by atoms with Gasteiger partial charge in [0.25, 0.3) is 0 Å². The third-order valence-electron chi connectivity index (χ3n) is 3.11. The van der Waals surface area contributed by atoms with E-state index in [0.717, 1.165) is 5.57 Å². The highest BCUT2D eigenvalue weighted by atomic mass is 16.5. The lowest BCUT2D eigenvalue weighted by Crippen LogP contribution is -2.25. The van der Waals surface area contributed by atoms with Gasteiger partial charge in [-0.1, -0.05) is 25.8 Å². The number of terminal acetylenes is 2. The van der Waals surface area contributed by atoms with Gasteiger partial charge in [0.05, 0.1) is 6.26 Å². The summed E-state index contributed by atoms with van der Waals surface area (Å²) in [6, 6.07) is 3.51. The van der Waals surface area contributed by atoms with E-state index in [0.29, 0.717) is 12.2 Å². The van der Waals surface area contributed by atoms with E-state index in [1.54, 1.807) is 25.1 Å². The molecule has 3 heteroatoms. The summed E-state index contributed by atoms with van der Waals surface area (Å²) in [5, 5.41) is 0. The number of furan rings is 1. The molecule has 21 heavy (non-hydrogen) atoms. The standard InChI is InChI=1S/C18H20O3/c1-6-8-10-14(5)15(7-2)21-18(19)17(13(3)4)16-11-9-12-20-16/h1-2,9-13,15,17H,8H2,3-5H3/b14-10+. The van der Waals surface area contributed by atoms with Crippen LogP contribution >= 0.6 is 0 Å². The predicted molar refractivity (Wildman–Crippen MR) is 82.2 cm³/mol. The van der Waals surface area contributed by atoms with Gasteiger partial charge in [-0.3, -0.25) is 4.79 Å². The minimum Gasteiger partial charge on any atom is -0.468 e. The van der Waals surface area contributed by atoms with Crippen LogP contribution in [0.2, 0.25) is 0 Å². The number of esters is 1. The first kappa shape index (κ1) is 16.7. The van der Waals surface area contributed by atoms with E-state index in [1.165, 1.54) is 6.26 Å². The van der Waals surface area contributed by atoms with Crippen LogP contribution in [-0.2, 0) is 9.53 Å². The molecule has 2 atom stereocenters. The molecular weight excluding hydrogens is 264 g/mol. The van der Waals surface area contributed by atoms with Crippen LogP contribution in [0.15, 0.2) is 34.5 Å². The maximum atomic E-state index is 12.4. The van der Waals surface area contributed by atoms with E-state index in [-0.39, 0.29) is 5.92 Å². The summed E-state index contributed by atoms with van der Waals surface area (Å²) in [4.78, 5) is 12.4. The molecule has 0 fully saturated rings. The predicted octanol–water partition coefficient (Wildman–Crippen LogP) is 3.53. The lowest BCUT2D eigenvalue weighted by Gasteiger charge is -2.20. The van der Waals surface area contributed by atoms with Gasteiger partial charge in [0.1, 0.15) is 11.7 Å². The number of carbonyl (C=O) groups is 1. The van der Waals surface area contributed by atoms with Crippen molar-refractivity contribution in [2.24, 2.45) is 5.92 Å². The van der Waals surface area contributed by atoms with Crippen molar-refractivity contribution < 1.29 is 13.9 Å². The van der Waals surface area contributed by atoms with Crippen molar-refractivity contribution in [1.82, 2.24) is 0 Å². The summed E-state index contributed by atoms with van der Waals surface area (Å²) in [5.74, 6) is 4.71. The third kappa shape index (κ3) is 4.58. The van der Waals surface area contributed by atoms with Crippen molar-refractivity contribution in [2.75, 3.05) is 0 Å². The van der Waals surface area contributed by atoms with Gasteiger partial charge >= 0.3 is 5.97 Å². The molecule has 0 bridgehead atoms. The van der Waals surface area contributed by atoms with Gasteiger partial charge in [-0.2, -0.15) is 0 Å². The first-order valence-corrected chi connectivity index (χ1v) is 6.81. The Hall–Kier alpha value is -2.39. The largest absolute Gasteiger partial charge is 0.468 e. The fourth-order valence-electron chi connectivity index (χ4n) is 1.96. The fourth-order valence-corrected chi connectivity index (χ4v) is 1.96. The summed E-state index contributed by atoms with van der Waals surface area (Å²) in [6.07, 6.45) is 13.7. The number of allylic oxidation sites excluding steroid dienone is 1. The lowest BCUT2D eigenvalue weighted by molar-refractivity contribution is -0.148. The average Bonchev–Trinajstić information content (AvgIpc) is 2.95. The van der Waals surface area contributed by atoms with Crippen LogP contribution in [-0.4, -0.2) is 12.1 Å². The maximum Gasteiger partial charge on any atom is 0.318 e. The van der Waals surface area contributed by atoms with Crippen LogP contribution in [0.25, 0.3) is 0 Å². The zero-order valence-electron chi connectivity index (χ0n) is 12.6. The molecule has 1 heterocycles. The molecule has 0 saturated carbocycles. The quantitative estimate of drug-likeness (QED) is 0.456. The molecule has 0 aliphatic carbocycles. The molecule has 2 unspecified atom stereocenters. The van der Waals surface area contributed by atoms with Crippen molar-refractivity contribution in [3.8, 4) is 24.7 Å². The molecule has 1 aromatic heterocycles. The molecule has 0 N–H and O–H groups in total. The van der Waals surface area contributed by atoms with E-state index >= 15 is 0 Å². The Morgan fingerprint density at radius 1 is 1.48 bits per heavy atom. The Bertz CT molecular complexity index is 565. The Balaban J connectivity index is 2.87. The van der Waals surface area contributed by atoms with Crippen molar-refractivity contribution in [2.45, 2.75) is 39.2 Å². The molecule has 0 amide bonds. The highest BCUT2D eigenvalue weighted by Crippen LogP contribution is 2.27. The molecule has 3 nitrogen and oxygen atoms in total. The van der Waals surface area contributed by atoms with E-state index < -0.39 is 18.0 Å². The van der Waals surface area contributed by atoms with Crippen molar-refractivity contribution in [3.05, 3.63) is 35.8 Å². The second kappa shape index (κ2) is 8.02. The van der Waals surface area contributed by atoms with Crippen LogP contribution in [0.4, 0.5) is 0 Å². The van der Waals surface area contributed by atoms with Crippen LogP contribution < -0.4 is 0 Å². The van der Waals surface area contributed by atoms with E-state index in [9.17, 15) is 4.79 Å². The highest BCUT2D eigenvalue weighted by Gasteiger charge is 2.30. The summed E-state index contributed by atoms with van der Waals surface area (Å²) in [7, 11) is 0.